The largest absolute Gasteiger partial charge is 0.400 e. The van der Waals surface area contributed by atoms with E-state index in [2.05, 4.69) is 5.16 Å². The zero-order valence-electron chi connectivity index (χ0n) is 10.1. The molecule has 0 spiro atoms. The number of nitrogens with zero attached hydrogens (tertiary/aromatic N) is 1. The van der Waals surface area contributed by atoms with Crippen molar-refractivity contribution in [2.75, 3.05) is 0 Å². The molecule has 2 aromatic carbocycles. The van der Waals surface area contributed by atoms with E-state index < -0.39 is 5.97 Å². The van der Waals surface area contributed by atoms with Gasteiger partial charge in [-0.1, -0.05) is 42.5 Å². The monoisotopic (exact) mass is 253 g/mol. The van der Waals surface area contributed by atoms with Gasteiger partial charge in [-0.2, -0.15) is 0 Å². The highest BCUT2D eigenvalue weighted by molar-refractivity contribution is 6.16. The lowest BCUT2D eigenvalue weighted by molar-refractivity contribution is 0.0708. The van der Waals surface area contributed by atoms with Gasteiger partial charge in [-0.15, -0.1) is 0 Å². The van der Waals surface area contributed by atoms with E-state index in [0.29, 0.717) is 17.7 Å². The molecule has 3 rings (SSSR count). The smallest absolute Gasteiger partial charge is 0.345 e. The first kappa shape index (κ1) is 11.5. The molecule has 0 atom stereocenters. The molecule has 0 radical (unpaired) electrons. The predicted octanol–water partition coefficient (Wildman–Crippen LogP) is 2.74. The van der Waals surface area contributed by atoms with Crippen molar-refractivity contribution in [3.8, 4) is 0 Å². The average Bonchev–Trinajstić information content (AvgIpc) is 2.78. The van der Waals surface area contributed by atoms with Crippen molar-refractivity contribution in [1.29, 1.82) is 0 Å². The number of carbonyl (C=O) groups excluding carboxylic acids is 1. The van der Waals surface area contributed by atoms with E-state index in [0.717, 1.165) is 5.56 Å². The number of fused-ring (bicyclic) bond motifs is 1. The maximum atomic E-state index is 11.6. The second kappa shape index (κ2) is 4.94. The van der Waals surface area contributed by atoms with Gasteiger partial charge in [0.05, 0.1) is 11.1 Å². The zero-order valence-corrected chi connectivity index (χ0v) is 10.1. The summed E-state index contributed by atoms with van der Waals surface area (Å²) in [5.74, 6) is -0.172. The molecule has 1 heterocycles. The Morgan fingerprint density at radius 3 is 2.42 bits per heavy atom. The lowest BCUT2D eigenvalue weighted by Crippen LogP contribution is -2.01. The van der Waals surface area contributed by atoms with Gasteiger partial charge in [-0.05, 0) is 22.9 Å². The first-order chi connectivity index (χ1) is 9.34. The molecule has 0 saturated heterocycles. The van der Waals surface area contributed by atoms with Crippen LogP contribution in [0.3, 0.4) is 0 Å². The highest BCUT2D eigenvalue weighted by atomic mass is 16.7. The van der Waals surface area contributed by atoms with Crippen LogP contribution in [0.15, 0.2) is 59.8 Å². The summed E-state index contributed by atoms with van der Waals surface area (Å²) in [5, 5.41) is 3.88. The van der Waals surface area contributed by atoms with Crippen LogP contribution in [0.25, 0.3) is 0 Å². The first-order valence-corrected chi connectivity index (χ1v) is 5.90. The number of carbonyl (C=O) groups is 1. The van der Waals surface area contributed by atoms with E-state index in [-0.39, 0.29) is 5.90 Å². The lowest BCUT2D eigenvalue weighted by atomic mass is 10.1. The molecule has 2 aromatic rings. The topological polar surface area (TPSA) is 47.9 Å². The van der Waals surface area contributed by atoms with E-state index in [1.807, 2.05) is 36.4 Å². The molecule has 1 aliphatic heterocycles. The predicted molar refractivity (Wildman–Crippen MR) is 69.6 cm³/mol. The van der Waals surface area contributed by atoms with Crippen LogP contribution < -0.4 is 0 Å². The fourth-order valence-electron chi connectivity index (χ4n) is 1.85. The van der Waals surface area contributed by atoms with Gasteiger partial charge < -0.3 is 9.57 Å². The highest BCUT2D eigenvalue weighted by Crippen LogP contribution is 2.20. The van der Waals surface area contributed by atoms with Gasteiger partial charge >= 0.3 is 5.97 Å². The van der Waals surface area contributed by atoms with Crippen molar-refractivity contribution in [3.05, 3.63) is 71.3 Å². The Kier molecular flexibility index (Phi) is 2.98. The Morgan fingerprint density at radius 1 is 0.947 bits per heavy atom. The molecular weight excluding hydrogens is 242 g/mol. The van der Waals surface area contributed by atoms with Crippen LogP contribution in [-0.4, -0.2) is 11.9 Å². The van der Waals surface area contributed by atoms with Gasteiger partial charge in [0.15, 0.2) is 0 Å². The Balaban J connectivity index is 1.74. The number of oxime groups is 1. The summed E-state index contributed by atoms with van der Waals surface area (Å²) in [7, 11) is 0. The van der Waals surface area contributed by atoms with Crippen molar-refractivity contribution >= 4 is 11.9 Å². The van der Waals surface area contributed by atoms with Crippen LogP contribution in [-0.2, 0) is 16.2 Å². The zero-order chi connectivity index (χ0) is 13.1. The molecule has 0 bridgehead atoms. The molecule has 0 saturated carbocycles. The second-order valence-corrected chi connectivity index (χ2v) is 4.09. The van der Waals surface area contributed by atoms with Crippen LogP contribution in [0, 0.1) is 0 Å². The summed E-state index contributed by atoms with van der Waals surface area (Å²) >= 11 is 0. The van der Waals surface area contributed by atoms with Crippen LogP contribution in [0.5, 0.6) is 0 Å². The summed E-state index contributed by atoms with van der Waals surface area (Å²) in [5.41, 5.74) is 2.19. The van der Waals surface area contributed by atoms with Gasteiger partial charge in [-0.3, -0.25) is 0 Å². The van der Waals surface area contributed by atoms with E-state index in [4.69, 9.17) is 9.57 Å². The SMILES string of the molecule is O=C1O/C(=N\OCc2ccccc2)c2ccccc21. The van der Waals surface area contributed by atoms with Crippen molar-refractivity contribution in [2.24, 2.45) is 5.16 Å². The van der Waals surface area contributed by atoms with E-state index >= 15 is 0 Å². The fourth-order valence-corrected chi connectivity index (χ4v) is 1.85. The molecule has 1 aliphatic rings. The van der Waals surface area contributed by atoms with Gasteiger partial charge in [0, 0.05) is 0 Å². The normalized spacial score (nSPS) is 15.2. The summed E-state index contributed by atoms with van der Waals surface area (Å²) in [4.78, 5) is 16.8. The summed E-state index contributed by atoms with van der Waals surface area (Å²) in [6, 6.07) is 16.8. The van der Waals surface area contributed by atoms with Crippen molar-refractivity contribution in [1.82, 2.24) is 0 Å². The molecule has 0 aromatic heterocycles. The minimum atomic E-state index is -0.391. The minimum Gasteiger partial charge on any atom is -0.400 e. The number of benzene rings is 2. The molecule has 0 unspecified atom stereocenters. The van der Waals surface area contributed by atoms with E-state index in [9.17, 15) is 4.79 Å². The molecule has 94 valence electrons. The fraction of sp³-hybridized carbons (Fsp3) is 0.0667. The van der Waals surface area contributed by atoms with Crippen molar-refractivity contribution in [3.63, 3.8) is 0 Å². The van der Waals surface area contributed by atoms with Crippen LogP contribution in [0.4, 0.5) is 0 Å². The Labute approximate surface area is 110 Å². The van der Waals surface area contributed by atoms with E-state index in [1.54, 1.807) is 18.2 Å². The van der Waals surface area contributed by atoms with Crippen LogP contribution in [0.2, 0.25) is 0 Å². The average molecular weight is 253 g/mol. The molecule has 0 fully saturated rings. The standard InChI is InChI=1S/C15H11NO3/c17-15-13-9-5-4-8-12(13)14(19-15)16-18-10-11-6-2-1-3-7-11/h1-9H,10H2/b16-14-. The van der Waals surface area contributed by atoms with E-state index in [1.165, 1.54) is 0 Å². The van der Waals surface area contributed by atoms with Gasteiger partial charge in [0.1, 0.15) is 6.61 Å². The highest BCUT2D eigenvalue weighted by Gasteiger charge is 2.27. The number of ether oxygens (including phenoxy) is 1. The maximum Gasteiger partial charge on any atom is 0.345 e. The van der Waals surface area contributed by atoms with Crippen LogP contribution >= 0.6 is 0 Å². The number of hydrogen-bond donors (Lipinski definition) is 0. The Bertz CT molecular complexity index is 635. The van der Waals surface area contributed by atoms with Crippen molar-refractivity contribution < 1.29 is 14.4 Å². The molecule has 19 heavy (non-hydrogen) atoms. The second-order valence-electron chi connectivity index (χ2n) is 4.09. The minimum absolute atomic E-state index is 0.219. The third-order valence-corrected chi connectivity index (χ3v) is 2.79. The molecular formula is C15H11NO3. The Morgan fingerprint density at radius 2 is 1.63 bits per heavy atom. The van der Waals surface area contributed by atoms with Crippen LogP contribution in [0.1, 0.15) is 21.5 Å². The lowest BCUT2D eigenvalue weighted by Gasteiger charge is -2.00. The van der Waals surface area contributed by atoms with Gasteiger partial charge in [0.2, 0.25) is 0 Å². The molecule has 4 heteroatoms. The number of hydrogen-bond acceptors (Lipinski definition) is 4. The third kappa shape index (κ3) is 2.33. The third-order valence-electron chi connectivity index (χ3n) is 2.79. The first-order valence-electron chi connectivity index (χ1n) is 5.90. The number of cyclic esters (lactones) is 1. The van der Waals surface area contributed by atoms with Gasteiger partial charge in [0.25, 0.3) is 5.90 Å². The molecule has 0 aliphatic carbocycles. The number of esters is 1. The summed E-state index contributed by atoms with van der Waals surface area (Å²) < 4.78 is 5.06. The molecule has 0 N–H and O–H groups in total. The molecule has 0 amide bonds. The molecule has 4 nitrogen and oxygen atoms in total. The quantitative estimate of drug-likeness (QED) is 0.624. The van der Waals surface area contributed by atoms with Crippen molar-refractivity contribution in [2.45, 2.75) is 6.61 Å². The maximum absolute atomic E-state index is 11.6. The van der Waals surface area contributed by atoms with Gasteiger partial charge in [-0.25, -0.2) is 4.79 Å². The number of rotatable bonds is 3. The Hall–Kier alpha value is -2.62. The summed E-state index contributed by atoms with van der Waals surface area (Å²) in [6.07, 6.45) is 0. The summed E-state index contributed by atoms with van der Waals surface area (Å²) in [6.45, 7) is 0.337.